The highest BCUT2D eigenvalue weighted by molar-refractivity contribution is 5.79. The summed E-state index contributed by atoms with van der Waals surface area (Å²) in [5.41, 5.74) is -0.674. The lowest BCUT2D eigenvalue weighted by atomic mass is 9.93. The lowest BCUT2D eigenvalue weighted by molar-refractivity contribution is -0.144. The van der Waals surface area contributed by atoms with Gasteiger partial charge in [-0.25, -0.2) is 0 Å². The Labute approximate surface area is 72.5 Å². The minimum atomic E-state index is -0.724. The Hall–Kier alpha value is -0.830. The summed E-state index contributed by atoms with van der Waals surface area (Å²) in [5.74, 6) is -0.724. The van der Waals surface area contributed by atoms with E-state index < -0.39 is 11.5 Å². The van der Waals surface area contributed by atoms with E-state index >= 15 is 0 Å². The van der Waals surface area contributed by atoms with Crippen molar-refractivity contribution >= 4 is 5.97 Å². The molecule has 0 aliphatic carbocycles. The van der Waals surface area contributed by atoms with Crippen LogP contribution in [0.4, 0.5) is 0 Å². The number of allylic oxidation sites excluding steroid dienone is 1. The van der Waals surface area contributed by atoms with Crippen LogP contribution in [0.25, 0.3) is 0 Å². The van der Waals surface area contributed by atoms with Crippen molar-refractivity contribution in [3.63, 3.8) is 0 Å². The molecule has 68 valence electrons. The lowest BCUT2D eigenvalue weighted by Crippen LogP contribution is -2.47. The molecule has 0 aromatic rings. The van der Waals surface area contributed by atoms with Gasteiger partial charge in [-0.15, -0.1) is 0 Å². The van der Waals surface area contributed by atoms with E-state index in [9.17, 15) is 4.79 Å². The molecule has 1 atom stereocenters. The second-order valence-corrected chi connectivity index (χ2v) is 3.19. The first-order chi connectivity index (χ1) is 5.71. The molecule has 0 bridgehead atoms. The fourth-order valence-electron chi connectivity index (χ4n) is 1.57. The standard InChI is InChI=1S/C9H15NO2/c1-2-3-5-9(8(11)12)6-4-7-10-9/h2-3,10H,4-7H2,1H3,(H,11,12)/b3-2+. The van der Waals surface area contributed by atoms with E-state index in [4.69, 9.17) is 5.11 Å². The number of aliphatic carboxylic acids is 1. The van der Waals surface area contributed by atoms with Gasteiger partial charge in [0.25, 0.3) is 0 Å². The second kappa shape index (κ2) is 3.72. The summed E-state index contributed by atoms with van der Waals surface area (Å²) in [7, 11) is 0. The number of carbonyl (C=O) groups is 1. The van der Waals surface area contributed by atoms with Crippen LogP contribution in [0.3, 0.4) is 0 Å². The van der Waals surface area contributed by atoms with E-state index in [0.717, 1.165) is 19.4 Å². The van der Waals surface area contributed by atoms with Gasteiger partial charge in [0.2, 0.25) is 0 Å². The zero-order valence-electron chi connectivity index (χ0n) is 7.34. The maximum atomic E-state index is 10.9. The van der Waals surface area contributed by atoms with Crippen LogP contribution in [-0.4, -0.2) is 23.2 Å². The summed E-state index contributed by atoms with van der Waals surface area (Å²) < 4.78 is 0. The van der Waals surface area contributed by atoms with Gasteiger partial charge in [0.15, 0.2) is 0 Å². The Morgan fingerprint density at radius 3 is 2.92 bits per heavy atom. The predicted octanol–water partition coefficient (Wildman–Crippen LogP) is 1.16. The summed E-state index contributed by atoms with van der Waals surface area (Å²) in [6.45, 7) is 2.73. The van der Waals surface area contributed by atoms with E-state index in [1.54, 1.807) is 0 Å². The number of carboxylic acid groups (broad SMARTS) is 1. The Balaban J connectivity index is 2.65. The Bertz CT molecular complexity index is 193. The van der Waals surface area contributed by atoms with E-state index in [0.29, 0.717) is 6.42 Å². The van der Waals surface area contributed by atoms with Gasteiger partial charge in [-0.05, 0) is 32.7 Å². The smallest absolute Gasteiger partial charge is 0.324 e. The van der Waals surface area contributed by atoms with Gasteiger partial charge in [-0.2, -0.15) is 0 Å². The van der Waals surface area contributed by atoms with Crippen LogP contribution in [0.15, 0.2) is 12.2 Å². The molecule has 1 aliphatic rings. The molecule has 3 nitrogen and oxygen atoms in total. The average molecular weight is 169 g/mol. The molecule has 1 fully saturated rings. The highest BCUT2D eigenvalue weighted by Gasteiger charge is 2.39. The number of rotatable bonds is 3. The zero-order valence-corrected chi connectivity index (χ0v) is 7.34. The molecule has 1 unspecified atom stereocenters. The molecule has 0 aromatic heterocycles. The van der Waals surface area contributed by atoms with Crippen LogP contribution >= 0.6 is 0 Å². The lowest BCUT2D eigenvalue weighted by Gasteiger charge is -2.22. The van der Waals surface area contributed by atoms with Crippen molar-refractivity contribution in [2.24, 2.45) is 0 Å². The van der Waals surface area contributed by atoms with Gasteiger partial charge < -0.3 is 10.4 Å². The van der Waals surface area contributed by atoms with Gasteiger partial charge in [0, 0.05) is 0 Å². The maximum absolute atomic E-state index is 10.9. The molecule has 2 N–H and O–H groups in total. The molecule has 12 heavy (non-hydrogen) atoms. The fraction of sp³-hybridized carbons (Fsp3) is 0.667. The molecule has 1 aliphatic heterocycles. The molecule has 0 spiro atoms. The monoisotopic (exact) mass is 169 g/mol. The predicted molar refractivity (Wildman–Crippen MR) is 47.0 cm³/mol. The van der Waals surface area contributed by atoms with Crippen molar-refractivity contribution in [2.75, 3.05) is 6.54 Å². The van der Waals surface area contributed by atoms with Crippen LogP contribution in [0.1, 0.15) is 26.2 Å². The minimum Gasteiger partial charge on any atom is -0.480 e. The van der Waals surface area contributed by atoms with Gasteiger partial charge in [-0.3, -0.25) is 4.79 Å². The van der Waals surface area contributed by atoms with E-state index in [-0.39, 0.29) is 0 Å². The number of carboxylic acids is 1. The molecule has 3 heteroatoms. The SMILES string of the molecule is C/C=C/CC1(C(=O)O)CCCN1. The van der Waals surface area contributed by atoms with Gasteiger partial charge in [0.1, 0.15) is 5.54 Å². The van der Waals surface area contributed by atoms with Crippen molar-refractivity contribution in [2.45, 2.75) is 31.7 Å². The average Bonchev–Trinajstić information content (AvgIpc) is 2.50. The maximum Gasteiger partial charge on any atom is 0.324 e. The Kier molecular flexibility index (Phi) is 2.87. The first-order valence-electron chi connectivity index (χ1n) is 4.31. The van der Waals surface area contributed by atoms with Crippen LogP contribution < -0.4 is 5.32 Å². The number of nitrogens with one attached hydrogen (secondary N) is 1. The summed E-state index contributed by atoms with van der Waals surface area (Å²) in [4.78, 5) is 10.9. The molecule has 0 radical (unpaired) electrons. The third-order valence-corrected chi connectivity index (χ3v) is 2.36. The second-order valence-electron chi connectivity index (χ2n) is 3.19. The number of hydrogen-bond acceptors (Lipinski definition) is 2. The zero-order chi connectivity index (χ0) is 9.03. The molecule has 1 rings (SSSR count). The van der Waals surface area contributed by atoms with Crippen molar-refractivity contribution in [1.29, 1.82) is 0 Å². The van der Waals surface area contributed by atoms with E-state index in [2.05, 4.69) is 5.32 Å². The Morgan fingerprint density at radius 2 is 2.50 bits per heavy atom. The van der Waals surface area contributed by atoms with Crippen molar-refractivity contribution < 1.29 is 9.90 Å². The molecule has 0 amide bonds. The summed E-state index contributed by atoms with van der Waals surface area (Å²) in [6.07, 6.45) is 6.10. The van der Waals surface area contributed by atoms with Crippen molar-refractivity contribution in [3.8, 4) is 0 Å². The van der Waals surface area contributed by atoms with E-state index in [1.807, 2.05) is 19.1 Å². The fourth-order valence-corrected chi connectivity index (χ4v) is 1.57. The highest BCUT2D eigenvalue weighted by Crippen LogP contribution is 2.23. The summed E-state index contributed by atoms with van der Waals surface area (Å²) in [5, 5.41) is 12.0. The van der Waals surface area contributed by atoms with Gasteiger partial charge in [-0.1, -0.05) is 12.2 Å². The molecule has 1 saturated heterocycles. The van der Waals surface area contributed by atoms with E-state index in [1.165, 1.54) is 0 Å². The first kappa shape index (κ1) is 9.26. The van der Waals surface area contributed by atoms with Crippen LogP contribution in [0.2, 0.25) is 0 Å². The van der Waals surface area contributed by atoms with Gasteiger partial charge in [0.05, 0.1) is 0 Å². The largest absolute Gasteiger partial charge is 0.480 e. The van der Waals surface area contributed by atoms with Crippen molar-refractivity contribution in [3.05, 3.63) is 12.2 Å². The summed E-state index contributed by atoms with van der Waals surface area (Å²) in [6, 6.07) is 0. The van der Waals surface area contributed by atoms with Crippen molar-refractivity contribution in [1.82, 2.24) is 5.32 Å². The van der Waals surface area contributed by atoms with Crippen LogP contribution in [0.5, 0.6) is 0 Å². The number of hydrogen-bond donors (Lipinski definition) is 2. The molecule has 0 saturated carbocycles. The minimum absolute atomic E-state index is 0.596. The first-order valence-corrected chi connectivity index (χ1v) is 4.31. The normalized spacial score (nSPS) is 29.8. The quantitative estimate of drug-likeness (QED) is 0.623. The topological polar surface area (TPSA) is 49.3 Å². The molecule has 0 aromatic carbocycles. The summed E-state index contributed by atoms with van der Waals surface area (Å²) >= 11 is 0. The third kappa shape index (κ3) is 1.67. The van der Waals surface area contributed by atoms with Crippen LogP contribution in [-0.2, 0) is 4.79 Å². The molecular formula is C9H15NO2. The Morgan fingerprint density at radius 1 is 1.75 bits per heavy atom. The highest BCUT2D eigenvalue weighted by atomic mass is 16.4. The third-order valence-electron chi connectivity index (χ3n) is 2.36. The molecular weight excluding hydrogens is 154 g/mol. The van der Waals surface area contributed by atoms with Crippen LogP contribution in [0, 0.1) is 0 Å². The van der Waals surface area contributed by atoms with Gasteiger partial charge >= 0.3 is 5.97 Å². The molecule has 1 heterocycles.